The van der Waals surface area contributed by atoms with Crippen LogP contribution in [-0.4, -0.2) is 11.9 Å². The summed E-state index contributed by atoms with van der Waals surface area (Å²) in [6, 6.07) is 0. The van der Waals surface area contributed by atoms with Crippen molar-refractivity contribution in [1.82, 2.24) is 0 Å². The summed E-state index contributed by atoms with van der Waals surface area (Å²) in [5.74, 6) is -2.96. The van der Waals surface area contributed by atoms with Crippen LogP contribution in [0.2, 0.25) is 0 Å². The molecule has 0 fully saturated rings. The largest absolute Gasteiger partial charge is 0.549 e. The van der Waals surface area contributed by atoms with Gasteiger partial charge in [0.2, 0.25) is 0 Å². The third kappa shape index (κ3) is 7.49. The highest BCUT2D eigenvalue weighted by Crippen LogP contribution is 2.31. The summed E-state index contributed by atoms with van der Waals surface area (Å²) in [6.45, 7) is 4.20. The minimum atomic E-state index is -1.79. The minimum absolute atomic E-state index is 0.134. The van der Waals surface area contributed by atoms with Crippen molar-refractivity contribution < 1.29 is 19.8 Å². The summed E-state index contributed by atoms with van der Waals surface area (Å²) in [4.78, 5) is 22.7. The van der Waals surface area contributed by atoms with E-state index in [-0.39, 0.29) is 12.8 Å². The molecule has 0 rings (SSSR count). The van der Waals surface area contributed by atoms with Crippen molar-refractivity contribution in [3.05, 3.63) is 0 Å². The fourth-order valence-electron chi connectivity index (χ4n) is 2.68. The van der Waals surface area contributed by atoms with Gasteiger partial charge in [0.25, 0.3) is 0 Å². The van der Waals surface area contributed by atoms with E-state index in [1.54, 1.807) is 0 Å². The van der Waals surface area contributed by atoms with Gasteiger partial charge in [-0.25, -0.2) is 0 Å². The summed E-state index contributed by atoms with van der Waals surface area (Å²) in [6.07, 6.45) is 9.65. The fraction of sp³-hybridized carbons (Fsp3) is 0.882. The Morgan fingerprint density at radius 2 is 1.00 bits per heavy atom. The average molecular weight is 298 g/mol. The molecule has 0 spiro atoms. The van der Waals surface area contributed by atoms with Gasteiger partial charge in [-0.1, -0.05) is 78.1 Å². The molecular formula is C17H30O4-2. The van der Waals surface area contributed by atoms with E-state index in [1.165, 1.54) is 0 Å². The smallest absolute Gasteiger partial charge is 0.0532 e. The second kappa shape index (κ2) is 11.6. The van der Waals surface area contributed by atoms with Crippen LogP contribution in [0.3, 0.4) is 0 Å². The number of aliphatic carboxylic acids is 2. The van der Waals surface area contributed by atoms with Crippen LogP contribution >= 0.6 is 0 Å². The molecule has 21 heavy (non-hydrogen) atoms. The maximum atomic E-state index is 11.4. The monoisotopic (exact) mass is 298 g/mol. The Morgan fingerprint density at radius 1 is 0.667 bits per heavy atom. The second-order valence-electron chi connectivity index (χ2n) is 5.99. The molecular weight excluding hydrogens is 268 g/mol. The second-order valence-corrected chi connectivity index (χ2v) is 5.99. The summed E-state index contributed by atoms with van der Waals surface area (Å²) >= 11 is 0. The molecule has 4 heteroatoms. The molecule has 0 saturated heterocycles. The van der Waals surface area contributed by atoms with Crippen molar-refractivity contribution in [2.24, 2.45) is 5.41 Å². The molecule has 0 saturated carbocycles. The minimum Gasteiger partial charge on any atom is -0.549 e. The molecule has 0 N–H and O–H groups in total. The molecule has 0 unspecified atom stereocenters. The highest BCUT2D eigenvalue weighted by molar-refractivity contribution is 5.96. The van der Waals surface area contributed by atoms with Crippen LogP contribution in [-0.2, 0) is 9.59 Å². The van der Waals surface area contributed by atoms with Crippen molar-refractivity contribution in [3.63, 3.8) is 0 Å². The van der Waals surface area contributed by atoms with Crippen LogP contribution < -0.4 is 10.2 Å². The summed E-state index contributed by atoms with van der Waals surface area (Å²) < 4.78 is 0. The lowest BCUT2D eigenvalue weighted by Gasteiger charge is -2.36. The van der Waals surface area contributed by atoms with Crippen molar-refractivity contribution in [2.45, 2.75) is 90.9 Å². The number of carbonyl (C=O) groups is 2. The van der Waals surface area contributed by atoms with E-state index in [0.717, 1.165) is 51.4 Å². The van der Waals surface area contributed by atoms with Gasteiger partial charge in [0.1, 0.15) is 0 Å². The lowest BCUT2D eigenvalue weighted by molar-refractivity contribution is -0.344. The Bertz CT molecular complexity index is 269. The maximum absolute atomic E-state index is 11.4. The highest BCUT2D eigenvalue weighted by Gasteiger charge is 2.32. The first-order valence-corrected chi connectivity index (χ1v) is 8.44. The van der Waals surface area contributed by atoms with E-state index in [4.69, 9.17) is 0 Å². The predicted octanol–water partition coefficient (Wildman–Crippen LogP) is 2.19. The van der Waals surface area contributed by atoms with Gasteiger partial charge in [0, 0.05) is 5.41 Å². The van der Waals surface area contributed by atoms with E-state index in [1.807, 2.05) is 0 Å². The zero-order valence-electron chi connectivity index (χ0n) is 13.6. The zero-order valence-corrected chi connectivity index (χ0v) is 13.6. The summed E-state index contributed by atoms with van der Waals surface area (Å²) in [7, 11) is 0. The van der Waals surface area contributed by atoms with Gasteiger partial charge in [-0.2, -0.15) is 0 Å². The maximum Gasteiger partial charge on any atom is 0.0532 e. The Morgan fingerprint density at radius 3 is 1.29 bits per heavy atom. The van der Waals surface area contributed by atoms with E-state index in [2.05, 4.69) is 13.8 Å². The van der Waals surface area contributed by atoms with Crippen LogP contribution in [0, 0.1) is 5.41 Å². The number of hydrogen-bond acceptors (Lipinski definition) is 4. The molecule has 4 nitrogen and oxygen atoms in total. The third-order valence-electron chi connectivity index (χ3n) is 4.20. The normalized spacial score (nSPS) is 11.5. The molecule has 0 amide bonds. The molecule has 0 bridgehead atoms. The van der Waals surface area contributed by atoms with E-state index < -0.39 is 17.4 Å². The van der Waals surface area contributed by atoms with Gasteiger partial charge in [0.15, 0.2) is 0 Å². The number of carbonyl (C=O) groups excluding carboxylic acids is 2. The zero-order chi connectivity index (χ0) is 16.1. The van der Waals surface area contributed by atoms with Crippen LogP contribution in [0.5, 0.6) is 0 Å². The first-order chi connectivity index (χ1) is 10.0. The average Bonchev–Trinajstić information content (AvgIpc) is 2.44. The molecule has 0 aliphatic heterocycles. The van der Waals surface area contributed by atoms with E-state index in [9.17, 15) is 19.8 Å². The van der Waals surface area contributed by atoms with Gasteiger partial charge >= 0.3 is 0 Å². The molecule has 0 aromatic rings. The third-order valence-corrected chi connectivity index (χ3v) is 4.20. The van der Waals surface area contributed by atoms with Crippen molar-refractivity contribution >= 4 is 11.9 Å². The molecule has 0 aromatic heterocycles. The highest BCUT2D eigenvalue weighted by atomic mass is 16.4. The Hall–Kier alpha value is -1.06. The first kappa shape index (κ1) is 19.9. The lowest BCUT2D eigenvalue weighted by atomic mass is 9.78. The fourth-order valence-corrected chi connectivity index (χ4v) is 2.68. The van der Waals surface area contributed by atoms with Crippen LogP contribution in [0.1, 0.15) is 90.9 Å². The number of rotatable bonds is 14. The lowest BCUT2D eigenvalue weighted by Crippen LogP contribution is -2.53. The Kier molecular flexibility index (Phi) is 11.0. The number of carboxylic acid groups (broad SMARTS) is 2. The molecule has 0 aliphatic rings. The topological polar surface area (TPSA) is 80.3 Å². The molecule has 0 aromatic carbocycles. The quantitative estimate of drug-likeness (QED) is 0.364. The first-order valence-electron chi connectivity index (χ1n) is 8.44. The van der Waals surface area contributed by atoms with Gasteiger partial charge in [-0.05, 0) is 12.8 Å². The van der Waals surface area contributed by atoms with Gasteiger partial charge in [-0.15, -0.1) is 0 Å². The molecule has 0 radical (unpaired) electrons. The van der Waals surface area contributed by atoms with Crippen LogP contribution in [0.15, 0.2) is 0 Å². The van der Waals surface area contributed by atoms with Gasteiger partial charge in [0.05, 0.1) is 11.9 Å². The Labute approximate surface area is 128 Å². The van der Waals surface area contributed by atoms with Crippen molar-refractivity contribution in [2.75, 3.05) is 0 Å². The molecule has 0 atom stereocenters. The van der Waals surface area contributed by atoms with Crippen molar-refractivity contribution in [1.29, 1.82) is 0 Å². The van der Waals surface area contributed by atoms with Gasteiger partial charge in [-0.3, -0.25) is 0 Å². The Balaban J connectivity index is 4.40. The molecule has 124 valence electrons. The predicted molar refractivity (Wildman–Crippen MR) is 79.2 cm³/mol. The van der Waals surface area contributed by atoms with Crippen LogP contribution in [0.4, 0.5) is 0 Å². The molecule has 0 heterocycles. The van der Waals surface area contributed by atoms with Crippen molar-refractivity contribution in [3.8, 4) is 0 Å². The van der Waals surface area contributed by atoms with E-state index >= 15 is 0 Å². The van der Waals surface area contributed by atoms with Gasteiger partial charge < -0.3 is 19.8 Å². The summed E-state index contributed by atoms with van der Waals surface area (Å²) in [5.41, 5.74) is -1.79. The molecule has 0 aliphatic carbocycles. The van der Waals surface area contributed by atoms with E-state index in [0.29, 0.717) is 12.8 Å². The SMILES string of the molecule is CCCCCCCC(CCCCCCC)(C(=O)[O-])C(=O)[O-]. The number of hydrogen-bond donors (Lipinski definition) is 0. The van der Waals surface area contributed by atoms with Crippen LogP contribution in [0.25, 0.3) is 0 Å². The summed E-state index contributed by atoms with van der Waals surface area (Å²) in [5, 5.41) is 22.7. The standard InChI is InChI=1S/C17H32O4/c1-3-5-7-9-11-13-17(15(18)19,16(20)21)14-12-10-8-6-4-2/h3-14H2,1-2H3,(H,18,19)(H,20,21)/p-2. The number of unbranched alkanes of at least 4 members (excludes halogenated alkanes) is 8. The number of carboxylic acids is 2.